The monoisotopic (exact) mass is 427 g/mol. The number of aromatic amines is 1. The minimum absolute atomic E-state index is 0.0267. The van der Waals surface area contributed by atoms with Crippen LogP contribution in [0.1, 0.15) is 49.1 Å². The van der Waals surface area contributed by atoms with Crippen molar-refractivity contribution < 1.29 is 14.6 Å². The van der Waals surface area contributed by atoms with Crippen molar-refractivity contribution in [1.29, 1.82) is 0 Å². The van der Waals surface area contributed by atoms with Gasteiger partial charge in [-0.2, -0.15) is 0 Å². The lowest BCUT2D eigenvalue weighted by Gasteiger charge is -2.29. The molecule has 0 radical (unpaired) electrons. The zero-order valence-corrected chi connectivity index (χ0v) is 17.7. The van der Waals surface area contributed by atoms with Gasteiger partial charge in [0.15, 0.2) is 0 Å². The average molecular weight is 428 g/mol. The molecule has 1 heterocycles. The van der Waals surface area contributed by atoms with Gasteiger partial charge in [0.05, 0.1) is 24.2 Å². The second-order valence-electron chi connectivity index (χ2n) is 7.82. The fraction of sp³-hybridized carbons (Fsp3) is 0.391. The number of nitrogens with one attached hydrogen (secondary N) is 2. The Hall–Kier alpha value is -2.57. The van der Waals surface area contributed by atoms with Crippen molar-refractivity contribution in [2.75, 3.05) is 13.7 Å². The zero-order chi connectivity index (χ0) is 21.1. The molecule has 0 bridgehead atoms. The predicted molar refractivity (Wildman–Crippen MR) is 117 cm³/mol. The molecule has 1 aromatic heterocycles. The number of aliphatic hydroxyl groups excluding tert-OH is 1. The molecule has 2 aromatic carbocycles. The molecule has 3 aromatic rings. The molecule has 4 rings (SSSR count). The molecule has 1 fully saturated rings. The molecule has 158 valence electrons. The Morgan fingerprint density at radius 1 is 1.30 bits per heavy atom. The number of nitrogens with zero attached hydrogens (tertiary/aromatic N) is 1. The number of aliphatic hydroxyl groups is 1. The zero-order valence-electron chi connectivity index (χ0n) is 16.9. The number of aromatic nitrogens is 2. The Labute approximate surface area is 180 Å². The molecule has 1 aliphatic rings. The number of hydrogen-bond donors (Lipinski definition) is 3. The van der Waals surface area contributed by atoms with Crippen molar-refractivity contribution in [3.8, 4) is 5.75 Å². The van der Waals surface area contributed by atoms with E-state index in [4.69, 9.17) is 21.3 Å². The van der Waals surface area contributed by atoms with Crippen molar-refractivity contribution in [2.45, 2.75) is 37.7 Å². The Morgan fingerprint density at radius 2 is 2.13 bits per heavy atom. The van der Waals surface area contributed by atoms with Gasteiger partial charge in [0.2, 0.25) is 5.91 Å². The summed E-state index contributed by atoms with van der Waals surface area (Å²) in [7, 11) is 1.59. The van der Waals surface area contributed by atoms with E-state index in [9.17, 15) is 9.90 Å². The lowest BCUT2D eigenvalue weighted by atomic mass is 9.78. The lowest BCUT2D eigenvalue weighted by molar-refractivity contribution is -0.127. The molecular weight excluding hydrogens is 402 g/mol. The maximum Gasteiger partial charge on any atom is 0.223 e. The first-order chi connectivity index (χ1) is 14.5. The summed E-state index contributed by atoms with van der Waals surface area (Å²) < 4.78 is 5.20. The van der Waals surface area contributed by atoms with Gasteiger partial charge in [0.25, 0.3) is 0 Å². The quantitative estimate of drug-likeness (QED) is 0.545. The van der Waals surface area contributed by atoms with Crippen LogP contribution in [-0.4, -0.2) is 34.6 Å². The van der Waals surface area contributed by atoms with Crippen molar-refractivity contribution in [1.82, 2.24) is 15.3 Å². The summed E-state index contributed by atoms with van der Waals surface area (Å²) in [6, 6.07) is 12.8. The summed E-state index contributed by atoms with van der Waals surface area (Å²) in [4.78, 5) is 21.1. The van der Waals surface area contributed by atoms with Crippen LogP contribution in [0.25, 0.3) is 11.0 Å². The summed E-state index contributed by atoms with van der Waals surface area (Å²) in [5, 5.41) is 14.1. The first-order valence-corrected chi connectivity index (χ1v) is 10.7. The molecule has 0 unspecified atom stereocenters. The van der Waals surface area contributed by atoms with Gasteiger partial charge in [-0.25, -0.2) is 4.98 Å². The number of halogens is 1. The van der Waals surface area contributed by atoms with E-state index >= 15 is 0 Å². The van der Waals surface area contributed by atoms with Crippen LogP contribution in [0.3, 0.4) is 0 Å². The number of H-pyrrole nitrogens is 1. The largest absolute Gasteiger partial charge is 0.497 e. The molecule has 1 aliphatic carbocycles. The van der Waals surface area contributed by atoms with E-state index in [1.54, 1.807) is 13.2 Å². The number of carbonyl (C=O) groups excluding carboxylic acids is 1. The number of imidazole rings is 1. The Kier molecular flexibility index (Phi) is 6.25. The topological polar surface area (TPSA) is 87.2 Å². The van der Waals surface area contributed by atoms with E-state index in [-0.39, 0.29) is 24.3 Å². The molecule has 0 saturated heterocycles. The van der Waals surface area contributed by atoms with Crippen LogP contribution in [0, 0.1) is 5.92 Å². The minimum Gasteiger partial charge on any atom is -0.497 e. The molecule has 1 amide bonds. The minimum atomic E-state index is -0.792. The van der Waals surface area contributed by atoms with Gasteiger partial charge in [-0.3, -0.25) is 4.79 Å². The van der Waals surface area contributed by atoms with Crippen LogP contribution in [0.2, 0.25) is 5.02 Å². The molecule has 3 atom stereocenters. The van der Waals surface area contributed by atoms with Crippen molar-refractivity contribution in [3.63, 3.8) is 0 Å². The van der Waals surface area contributed by atoms with Crippen molar-refractivity contribution in [2.24, 2.45) is 5.92 Å². The third kappa shape index (κ3) is 4.45. The second kappa shape index (κ2) is 9.06. The summed E-state index contributed by atoms with van der Waals surface area (Å²) in [6.45, 7) is 0.158. The number of amides is 1. The fourth-order valence-corrected chi connectivity index (χ4v) is 4.42. The fourth-order valence-electron chi connectivity index (χ4n) is 4.24. The number of methoxy groups -OCH3 is 1. The molecular formula is C23H26ClN3O3. The summed E-state index contributed by atoms with van der Waals surface area (Å²) in [5.74, 6) is 1.32. The highest BCUT2D eigenvalue weighted by molar-refractivity contribution is 6.31. The molecule has 7 heteroatoms. The summed E-state index contributed by atoms with van der Waals surface area (Å²) in [6.07, 6.45) is 3.00. The van der Waals surface area contributed by atoms with Crippen LogP contribution in [-0.2, 0) is 4.79 Å². The van der Waals surface area contributed by atoms with Gasteiger partial charge in [-0.05, 0) is 48.7 Å². The van der Waals surface area contributed by atoms with Gasteiger partial charge in [-0.15, -0.1) is 0 Å². The molecule has 30 heavy (non-hydrogen) atoms. The first kappa shape index (κ1) is 20.7. The van der Waals surface area contributed by atoms with Crippen molar-refractivity contribution in [3.05, 3.63) is 58.9 Å². The SMILES string of the molecule is COc1cccc([C@H](O)CNC(=O)[C@@H]2CCCC[C@@H]2c2nc3ccc(Cl)cc3[nH]2)c1. The van der Waals surface area contributed by atoms with Crippen LogP contribution in [0.15, 0.2) is 42.5 Å². The molecule has 3 N–H and O–H groups in total. The van der Waals surface area contributed by atoms with Gasteiger partial charge >= 0.3 is 0 Å². The average Bonchev–Trinajstić information content (AvgIpc) is 3.20. The number of rotatable bonds is 6. The standard InChI is InChI=1S/C23H26ClN3O3/c1-30-16-6-4-5-14(11-16)21(28)13-25-23(29)18-8-3-2-7-17(18)22-26-19-10-9-15(24)12-20(19)27-22/h4-6,9-12,17-18,21,28H,2-3,7-8,13H2,1H3,(H,25,29)(H,26,27)/t17-,18+,21+/m0/s1. The van der Waals surface area contributed by atoms with E-state index in [2.05, 4.69) is 10.3 Å². The van der Waals surface area contributed by atoms with E-state index < -0.39 is 6.10 Å². The maximum absolute atomic E-state index is 13.0. The van der Waals surface area contributed by atoms with Crippen LogP contribution in [0.5, 0.6) is 5.75 Å². The van der Waals surface area contributed by atoms with E-state index in [1.165, 1.54) is 0 Å². The van der Waals surface area contributed by atoms with Crippen molar-refractivity contribution >= 4 is 28.5 Å². The van der Waals surface area contributed by atoms with Gasteiger partial charge < -0.3 is 20.1 Å². The summed E-state index contributed by atoms with van der Waals surface area (Å²) in [5.41, 5.74) is 2.45. The third-order valence-corrected chi connectivity index (χ3v) is 6.10. The highest BCUT2D eigenvalue weighted by atomic mass is 35.5. The molecule has 6 nitrogen and oxygen atoms in total. The predicted octanol–water partition coefficient (Wildman–Crippen LogP) is 4.35. The number of ether oxygens (including phenoxy) is 1. The molecule has 0 spiro atoms. The van der Waals surface area contributed by atoms with Crippen LogP contribution >= 0.6 is 11.6 Å². The van der Waals surface area contributed by atoms with E-state index in [0.29, 0.717) is 16.3 Å². The van der Waals surface area contributed by atoms with Crippen LogP contribution < -0.4 is 10.1 Å². The summed E-state index contributed by atoms with van der Waals surface area (Å²) >= 11 is 6.09. The Balaban J connectivity index is 1.45. The highest BCUT2D eigenvalue weighted by Crippen LogP contribution is 2.37. The number of hydrogen-bond acceptors (Lipinski definition) is 4. The van der Waals surface area contributed by atoms with Crippen LogP contribution in [0.4, 0.5) is 0 Å². The Morgan fingerprint density at radius 3 is 2.97 bits per heavy atom. The maximum atomic E-state index is 13.0. The molecule has 1 saturated carbocycles. The first-order valence-electron chi connectivity index (χ1n) is 10.3. The normalized spacial score (nSPS) is 20.1. The number of fused-ring (bicyclic) bond motifs is 1. The lowest BCUT2D eigenvalue weighted by Crippen LogP contribution is -2.38. The van der Waals surface area contributed by atoms with E-state index in [0.717, 1.165) is 42.5 Å². The second-order valence-corrected chi connectivity index (χ2v) is 8.25. The Bertz CT molecular complexity index is 1040. The van der Waals surface area contributed by atoms with Gasteiger partial charge in [0, 0.05) is 23.4 Å². The highest BCUT2D eigenvalue weighted by Gasteiger charge is 2.34. The smallest absolute Gasteiger partial charge is 0.223 e. The van der Waals surface area contributed by atoms with Gasteiger partial charge in [0.1, 0.15) is 11.6 Å². The van der Waals surface area contributed by atoms with Gasteiger partial charge in [-0.1, -0.05) is 36.6 Å². The number of benzene rings is 2. The van der Waals surface area contributed by atoms with E-state index in [1.807, 2.05) is 36.4 Å². The molecule has 0 aliphatic heterocycles. The third-order valence-electron chi connectivity index (χ3n) is 5.86. The number of carbonyl (C=O) groups is 1.